The van der Waals surface area contributed by atoms with Gasteiger partial charge in [-0.2, -0.15) is 0 Å². The smallest absolute Gasteiger partial charge is 0.0715 e. The Bertz CT molecular complexity index is 900. The molecule has 0 unspecified atom stereocenters. The second-order valence-electron chi connectivity index (χ2n) is 5.34. The van der Waals surface area contributed by atoms with Crippen molar-refractivity contribution in [3.63, 3.8) is 0 Å². The molecule has 0 fully saturated rings. The van der Waals surface area contributed by atoms with Crippen molar-refractivity contribution in [2.45, 2.75) is 6.92 Å². The largest absolute Gasteiger partial charge is 0.248 e. The molecule has 1 heteroatoms. The molecule has 4 rings (SSSR count). The van der Waals surface area contributed by atoms with Crippen molar-refractivity contribution in [2.24, 2.45) is 0 Å². The SMILES string of the molecule is Cc1ccccc1-c1c2ccccc2nc2ccccc12. The van der Waals surface area contributed by atoms with Crippen LogP contribution in [0.4, 0.5) is 0 Å². The van der Waals surface area contributed by atoms with Crippen LogP contribution in [-0.4, -0.2) is 4.98 Å². The highest BCUT2D eigenvalue weighted by Crippen LogP contribution is 2.35. The normalized spacial score (nSPS) is 11.1. The number of hydrogen-bond acceptors (Lipinski definition) is 1. The number of aryl methyl sites for hydroxylation is 1. The predicted molar refractivity (Wildman–Crippen MR) is 89.4 cm³/mol. The first-order valence-corrected chi connectivity index (χ1v) is 7.18. The van der Waals surface area contributed by atoms with Crippen LogP contribution < -0.4 is 0 Å². The Hall–Kier alpha value is -2.67. The highest BCUT2D eigenvalue weighted by molar-refractivity contribution is 6.09. The number of para-hydroxylation sites is 2. The van der Waals surface area contributed by atoms with Crippen LogP contribution in [0.5, 0.6) is 0 Å². The first-order chi connectivity index (χ1) is 10.3. The topological polar surface area (TPSA) is 12.9 Å². The van der Waals surface area contributed by atoms with Crippen molar-refractivity contribution in [2.75, 3.05) is 0 Å². The molecule has 1 heterocycles. The van der Waals surface area contributed by atoms with E-state index in [0.29, 0.717) is 0 Å². The molecule has 0 aliphatic carbocycles. The van der Waals surface area contributed by atoms with Crippen molar-refractivity contribution in [1.29, 1.82) is 0 Å². The Morgan fingerprint density at radius 2 is 1.14 bits per heavy atom. The number of fused-ring (bicyclic) bond motifs is 2. The monoisotopic (exact) mass is 269 g/mol. The third kappa shape index (κ3) is 1.90. The van der Waals surface area contributed by atoms with Crippen LogP contribution in [0.15, 0.2) is 72.8 Å². The fourth-order valence-electron chi connectivity index (χ4n) is 2.98. The zero-order valence-electron chi connectivity index (χ0n) is 11.9. The van der Waals surface area contributed by atoms with E-state index in [9.17, 15) is 0 Å². The molecule has 4 aromatic rings. The molecule has 0 bridgehead atoms. The van der Waals surface area contributed by atoms with E-state index in [4.69, 9.17) is 4.98 Å². The third-order valence-corrected chi connectivity index (χ3v) is 4.00. The van der Waals surface area contributed by atoms with Gasteiger partial charge in [0, 0.05) is 16.3 Å². The number of rotatable bonds is 1. The van der Waals surface area contributed by atoms with Crippen LogP contribution in [-0.2, 0) is 0 Å². The van der Waals surface area contributed by atoms with E-state index in [1.165, 1.54) is 27.5 Å². The Kier molecular flexibility index (Phi) is 2.71. The lowest BCUT2D eigenvalue weighted by Crippen LogP contribution is -1.90. The number of pyridine rings is 1. The van der Waals surface area contributed by atoms with E-state index in [2.05, 4.69) is 67.6 Å². The lowest BCUT2D eigenvalue weighted by atomic mass is 9.93. The lowest BCUT2D eigenvalue weighted by Gasteiger charge is -2.13. The molecule has 3 aromatic carbocycles. The van der Waals surface area contributed by atoms with Gasteiger partial charge in [0.2, 0.25) is 0 Å². The minimum Gasteiger partial charge on any atom is -0.248 e. The molecule has 0 spiro atoms. The maximum atomic E-state index is 4.79. The van der Waals surface area contributed by atoms with Crippen LogP contribution in [0.25, 0.3) is 32.9 Å². The molecule has 0 saturated carbocycles. The molecule has 100 valence electrons. The molecule has 0 saturated heterocycles. The maximum Gasteiger partial charge on any atom is 0.0715 e. The van der Waals surface area contributed by atoms with Gasteiger partial charge < -0.3 is 0 Å². The van der Waals surface area contributed by atoms with Crippen LogP contribution in [0.1, 0.15) is 5.56 Å². The van der Waals surface area contributed by atoms with Gasteiger partial charge >= 0.3 is 0 Å². The fraction of sp³-hybridized carbons (Fsp3) is 0.0500. The molecule has 0 amide bonds. The summed E-state index contributed by atoms with van der Waals surface area (Å²) in [4.78, 5) is 4.79. The van der Waals surface area contributed by atoms with E-state index in [1.54, 1.807) is 0 Å². The Morgan fingerprint density at radius 1 is 0.619 bits per heavy atom. The van der Waals surface area contributed by atoms with Crippen molar-refractivity contribution in [1.82, 2.24) is 4.98 Å². The first-order valence-electron chi connectivity index (χ1n) is 7.18. The Balaban J connectivity index is 2.25. The second-order valence-corrected chi connectivity index (χ2v) is 5.34. The van der Waals surface area contributed by atoms with E-state index < -0.39 is 0 Å². The minimum absolute atomic E-state index is 1.05. The van der Waals surface area contributed by atoms with E-state index in [-0.39, 0.29) is 0 Å². The van der Waals surface area contributed by atoms with Gasteiger partial charge in [-0.05, 0) is 30.2 Å². The maximum absolute atomic E-state index is 4.79. The van der Waals surface area contributed by atoms with Crippen molar-refractivity contribution < 1.29 is 0 Å². The quantitative estimate of drug-likeness (QED) is 0.424. The van der Waals surface area contributed by atoms with Crippen LogP contribution in [0.2, 0.25) is 0 Å². The van der Waals surface area contributed by atoms with Gasteiger partial charge in [-0.15, -0.1) is 0 Å². The zero-order chi connectivity index (χ0) is 14.2. The summed E-state index contributed by atoms with van der Waals surface area (Å²) in [7, 11) is 0. The standard InChI is InChI=1S/C20H15N/c1-14-8-2-3-9-15(14)20-16-10-4-6-12-18(16)21-19-13-7-5-11-17(19)20/h2-13H,1H3. The molecular formula is C20H15N. The molecule has 21 heavy (non-hydrogen) atoms. The van der Waals surface area contributed by atoms with Gasteiger partial charge in [0.15, 0.2) is 0 Å². The van der Waals surface area contributed by atoms with Crippen LogP contribution >= 0.6 is 0 Å². The fourth-order valence-corrected chi connectivity index (χ4v) is 2.98. The van der Waals surface area contributed by atoms with Gasteiger partial charge in [0.05, 0.1) is 11.0 Å². The second kappa shape index (κ2) is 4.71. The van der Waals surface area contributed by atoms with Crippen LogP contribution in [0, 0.1) is 6.92 Å². The van der Waals surface area contributed by atoms with E-state index in [1.807, 2.05) is 12.1 Å². The molecule has 0 N–H and O–H groups in total. The highest BCUT2D eigenvalue weighted by atomic mass is 14.7. The molecule has 0 atom stereocenters. The van der Waals surface area contributed by atoms with E-state index in [0.717, 1.165) is 11.0 Å². The average Bonchev–Trinajstić information content (AvgIpc) is 2.53. The molecule has 1 nitrogen and oxygen atoms in total. The number of aromatic nitrogens is 1. The molecule has 1 aromatic heterocycles. The van der Waals surface area contributed by atoms with Crippen molar-refractivity contribution in [3.05, 3.63) is 78.4 Å². The van der Waals surface area contributed by atoms with Gasteiger partial charge in [0.1, 0.15) is 0 Å². The van der Waals surface area contributed by atoms with Crippen molar-refractivity contribution in [3.8, 4) is 11.1 Å². The summed E-state index contributed by atoms with van der Waals surface area (Å²) in [6, 6.07) is 25.3. The summed E-state index contributed by atoms with van der Waals surface area (Å²) in [5.41, 5.74) is 5.96. The predicted octanol–water partition coefficient (Wildman–Crippen LogP) is 5.36. The highest BCUT2D eigenvalue weighted by Gasteiger charge is 2.11. The summed E-state index contributed by atoms with van der Waals surface area (Å²) >= 11 is 0. The third-order valence-electron chi connectivity index (χ3n) is 4.00. The molecule has 0 radical (unpaired) electrons. The Labute approximate surface area is 123 Å². The average molecular weight is 269 g/mol. The molecule has 0 aliphatic heterocycles. The summed E-state index contributed by atoms with van der Waals surface area (Å²) in [5, 5.41) is 2.43. The summed E-state index contributed by atoms with van der Waals surface area (Å²) in [6.07, 6.45) is 0. The summed E-state index contributed by atoms with van der Waals surface area (Å²) in [5.74, 6) is 0. The summed E-state index contributed by atoms with van der Waals surface area (Å²) in [6.45, 7) is 2.17. The number of nitrogens with zero attached hydrogens (tertiary/aromatic N) is 1. The lowest BCUT2D eigenvalue weighted by molar-refractivity contribution is 1.45. The first kappa shape index (κ1) is 12.1. The van der Waals surface area contributed by atoms with E-state index >= 15 is 0 Å². The molecule has 0 aliphatic rings. The molecular weight excluding hydrogens is 254 g/mol. The van der Waals surface area contributed by atoms with Gasteiger partial charge in [-0.1, -0.05) is 60.7 Å². The van der Waals surface area contributed by atoms with Gasteiger partial charge in [-0.25, -0.2) is 4.98 Å². The van der Waals surface area contributed by atoms with Crippen LogP contribution in [0.3, 0.4) is 0 Å². The zero-order valence-corrected chi connectivity index (χ0v) is 11.9. The summed E-state index contributed by atoms with van der Waals surface area (Å²) < 4.78 is 0. The number of benzene rings is 3. The van der Waals surface area contributed by atoms with Gasteiger partial charge in [0.25, 0.3) is 0 Å². The van der Waals surface area contributed by atoms with Crippen molar-refractivity contribution >= 4 is 21.8 Å². The number of hydrogen-bond donors (Lipinski definition) is 0. The minimum atomic E-state index is 1.05. The van der Waals surface area contributed by atoms with Gasteiger partial charge in [-0.3, -0.25) is 0 Å². The Morgan fingerprint density at radius 3 is 1.76 bits per heavy atom.